The second-order valence-corrected chi connectivity index (χ2v) is 24.7. The van der Waals surface area contributed by atoms with E-state index in [0.717, 1.165) is 182 Å². The van der Waals surface area contributed by atoms with E-state index in [-0.39, 0.29) is 77.5 Å². The average Bonchev–Trinajstić information content (AvgIpc) is 4.57. The average molecular weight is 1250 g/mol. The largest absolute Gasteiger partial charge is 0.481 e. The molecule has 516 valence electrons. The van der Waals surface area contributed by atoms with Crippen molar-refractivity contribution in [2.45, 2.75) is 270 Å². The van der Waals surface area contributed by atoms with E-state index in [4.69, 9.17) is 19.7 Å². The summed E-state index contributed by atoms with van der Waals surface area (Å²) in [6.45, 7) is 38.5. The molecule has 1 spiro atoms. The Balaban J connectivity index is 0. The Hall–Kier alpha value is -4.20. The zero-order valence-electron chi connectivity index (χ0n) is 57.3. The van der Waals surface area contributed by atoms with Crippen LogP contribution in [0.5, 0.6) is 0 Å². The van der Waals surface area contributed by atoms with Crippen molar-refractivity contribution in [1.29, 1.82) is 0 Å². The third-order valence-electron chi connectivity index (χ3n) is 18.2. The molecule has 0 atom stereocenters. The number of hydrogen-bond acceptors (Lipinski definition) is 13. The fourth-order valence-corrected chi connectivity index (χ4v) is 13.2. The van der Waals surface area contributed by atoms with E-state index < -0.39 is 11.9 Å². The van der Waals surface area contributed by atoms with Crippen molar-refractivity contribution < 1.29 is 62.8 Å². The first-order valence-corrected chi connectivity index (χ1v) is 34.5. The van der Waals surface area contributed by atoms with Crippen molar-refractivity contribution in [3.63, 3.8) is 0 Å². The Morgan fingerprint density at radius 1 is 0.364 bits per heavy atom. The maximum atomic E-state index is 12.5. The van der Waals surface area contributed by atoms with Gasteiger partial charge in [-0.05, 0) is 180 Å². The maximum absolute atomic E-state index is 12.5. The van der Waals surface area contributed by atoms with Crippen LogP contribution in [0, 0.1) is 21.7 Å². The van der Waals surface area contributed by atoms with Crippen LogP contribution in [0.4, 0.5) is 0 Å². The lowest BCUT2D eigenvalue weighted by molar-refractivity contribution is -0.169. The molecule has 0 bridgehead atoms. The van der Waals surface area contributed by atoms with Gasteiger partial charge in [0, 0.05) is 104 Å². The van der Waals surface area contributed by atoms with E-state index in [2.05, 4.69) is 43.1 Å². The molecule has 0 aromatic carbocycles. The molecule has 7 rings (SSSR count). The van der Waals surface area contributed by atoms with Crippen molar-refractivity contribution in [3.05, 3.63) is 0 Å². The van der Waals surface area contributed by atoms with Gasteiger partial charge in [0.2, 0.25) is 23.6 Å². The summed E-state index contributed by atoms with van der Waals surface area (Å²) >= 11 is 0. The Morgan fingerprint density at radius 2 is 0.580 bits per heavy atom. The van der Waals surface area contributed by atoms with Gasteiger partial charge < -0.3 is 54.7 Å². The third-order valence-corrected chi connectivity index (χ3v) is 18.2. The van der Waals surface area contributed by atoms with Crippen molar-refractivity contribution >= 4 is 47.5 Å². The first kappa shape index (κ1) is 85.9. The van der Waals surface area contributed by atoms with Crippen LogP contribution in [0.25, 0.3) is 0 Å². The Labute approximate surface area is 535 Å². The lowest BCUT2D eigenvalue weighted by atomic mass is 9.78. The summed E-state index contributed by atoms with van der Waals surface area (Å²) < 4.78 is 14.4. The molecule has 7 fully saturated rings. The maximum Gasteiger partial charge on any atom is 0.314 e. The highest BCUT2D eigenvalue weighted by molar-refractivity contribution is 5.89. The molecule has 3 aliphatic heterocycles. The number of esters is 2. The molecular formula is C69H132N6O13. The van der Waals surface area contributed by atoms with Crippen molar-refractivity contribution in [1.82, 2.24) is 30.2 Å². The Morgan fingerprint density at radius 3 is 0.750 bits per heavy atom. The number of carbonyl (C=O) groups excluding carboxylic acids is 6. The van der Waals surface area contributed by atoms with Gasteiger partial charge >= 0.3 is 23.9 Å². The minimum atomic E-state index is -0.778. The fourth-order valence-electron chi connectivity index (χ4n) is 13.2. The molecule has 4 saturated carbocycles. The number of ether oxygens (including phenoxy) is 3. The molecule has 0 aromatic heterocycles. The van der Waals surface area contributed by atoms with Crippen LogP contribution in [0.3, 0.4) is 0 Å². The second kappa shape index (κ2) is 50.4. The van der Waals surface area contributed by atoms with E-state index in [0.29, 0.717) is 64.7 Å². The number of rotatable bonds is 24. The molecule has 0 aromatic rings. The molecule has 3 saturated heterocycles. The molecule has 4 amide bonds. The third kappa shape index (κ3) is 36.0. The highest BCUT2D eigenvalue weighted by atomic mass is 16.6. The van der Waals surface area contributed by atoms with Crippen LogP contribution in [-0.4, -0.2) is 182 Å². The van der Waals surface area contributed by atoms with Gasteiger partial charge in [-0.15, -0.1) is 0 Å². The summed E-state index contributed by atoms with van der Waals surface area (Å²) in [6.07, 6.45) is 24.6. The normalized spacial score (nSPS) is 18.4. The van der Waals surface area contributed by atoms with Crippen molar-refractivity contribution in [3.8, 4) is 0 Å². The van der Waals surface area contributed by atoms with Gasteiger partial charge in [-0.1, -0.05) is 86.5 Å². The zero-order valence-corrected chi connectivity index (χ0v) is 57.3. The lowest BCUT2D eigenvalue weighted by Crippen LogP contribution is -2.39. The molecule has 88 heavy (non-hydrogen) atoms. The van der Waals surface area contributed by atoms with E-state index >= 15 is 0 Å². The zero-order chi connectivity index (χ0) is 65.6. The van der Waals surface area contributed by atoms with Gasteiger partial charge in [0.05, 0.1) is 25.7 Å². The SMILES string of the molecule is C.C1CCOC1.C1CCOC1.CCN(CC)C(=O)CC1(CC(=O)N(CC)CC)CCCC1.CCN(CC)C(=O)CC1(CC(=O)O)CCCC1.CCN(CC)C(=O)CC1(CC(=O)O)CCCC1.CCNCC.CCNCC.O=C1CC2(CCCC2)CC(=O)O1. The van der Waals surface area contributed by atoms with Crippen LogP contribution in [0.15, 0.2) is 0 Å². The number of aliphatic carboxylic acids is 2. The lowest BCUT2D eigenvalue weighted by Gasteiger charge is -2.32. The van der Waals surface area contributed by atoms with Gasteiger partial charge in [-0.25, -0.2) is 0 Å². The number of carboxylic acid groups (broad SMARTS) is 2. The van der Waals surface area contributed by atoms with Gasteiger partial charge in [-0.2, -0.15) is 0 Å². The molecule has 0 unspecified atom stereocenters. The summed E-state index contributed by atoms with van der Waals surface area (Å²) in [5, 5.41) is 24.2. The molecule has 4 N–H and O–H groups in total. The van der Waals surface area contributed by atoms with Gasteiger partial charge in [0.1, 0.15) is 0 Å². The van der Waals surface area contributed by atoms with Crippen LogP contribution in [0.2, 0.25) is 0 Å². The van der Waals surface area contributed by atoms with E-state index in [1.807, 2.05) is 65.2 Å². The van der Waals surface area contributed by atoms with Gasteiger partial charge in [0.15, 0.2) is 0 Å². The predicted molar refractivity (Wildman–Crippen MR) is 354 cm³/mol. The first-order valence-electron chi connectivity index (χ1n) is 34.5. The standard InChI is InChI=1S/C17H32N2O2.2C13H23NO3.C9H12O3.2C4H11N.2C4H8O.CH4/c1-5-18(6-2)15(20)13-17(11-9-10-12-17)14-16(21)19(7-3)8-4;2*1-3-14(4-2)11(15)9-13(10-12(16)17)7-5-6-8-13;10-7-5-9(3-1-2-4-9)6-8(11)12-7;2*1-3-5-4-2;2*1-2-4-5-3-1;/h5-14H2,1-4H3;2*3-10H2,1-2H3,(H,16,17);1-6H2;2*5H,3-4H2,1-2H3;2*1-4H2;1H4. The summed E-state index contributed by atoms with van der Waals surface area (Å²) in [7, 11) is 0. The summed E-state index contributed by atoms with van der Waals surface area (Å²) in [5.41, 5.74) is -0.636. The van der Waals surface area contributed by atoms with E-state index in [1.165, 1.54) is 25.7 Å². The number of nitrogens with zero attached hydrogens (tertiary/aromatic N) is 4. The van der Waals surface area contributed by atoms with Gasteiger partial charge in [-0.3, -0.25) is 38.4 Å². The smallest absolute Gasteiger partial charge is 0.314 e. The second-order valence-electron chi connectivity index (χ2n) is 24.7. The van der Waals surface area contributed by atoms with Crippen LogP contribution in [0.1, 0.15) is 270 Å². The minimum Gasteiger partial charge on any atom is -0.481 e. The fraction of sp³-hybridized carbons (Fsp3) is 0.884. The molecule has 4 aliphatic carbocycles. The van der Waals surface area contributed by atoms with Crippen LogP contribution < -0.4 is 10.6 Å². The van der Waals surface area contributed by atoms with Gasteiger partial charge in [0.25, 0.3) is 0 Å². The summed E-state index contributed by atoms with van der Waals surface area (Å²) in [5.74, 6) is -1.56. The molecule has 19 heteroatoms. The van der Waals surface area contributed by atoms with E-state index in [1.54, 1.807) is 9.80 Å². The molecule has 19 nitrogen and oxygen atoms in total. The first-order chi connectivity index (χ1) is 41.6. The van der Waals surface area contributed by atoms with Crippen LogP contribution in [-0.2, 0) is 52.6 Å². The summed E-state index contributed by atoms with van der Waals surface area (Å²) in [6, 6.07) is 0. The minimum absolute atomic E-state index is 0. The summed E-state index contributed by atoms with van der Waals surface area (Å²) in [4.78, 5) is 100. The molecule has 7 aliphatic rings. The number of carbonyl (C=O) groups is 8. The Bertz CT molecular complexity index is 1730. The number of amides is 4. The number of carboxylic acids is 2. The van der Waals surface area contributed by atoms with Crippen molar-refractivity contribution in [2.24, 2.45) is 21.7 Å². The molecule has 3 heterocycles. The topological polar surface area (TPSA) is 242 Å². The Kier molecular flexibility index (Phi) is 49.2. The molecular weight excluding hydrogens is 1120 g/mol. The highest BCUT2D eigenvalue weighted by Crippen LogP contribution is 2.48. The predicted octanol–water partition coefficient (Wildman–Crippen LogP) is 12.5. The number of hydrogen-bond donors (Lipinski definition) is 4. The number of nitrogens with one attached hydrogen (secondary N) is 2. The van der Waals surface area contributed by atoms with Crippen LogP contribution >= 0.6 is 0 Å². The van der Waals surface area contributed by atoms with E-state index in [9.17, 15) is 38.4 Å². The molecule has 0 radical (unpaired) electrons. The number of cyclic esters (lactones) is 2. The quantitative estimate of drug-likeness (QED) is 0.0519. The highest BCUT2D eigenvalue weighted by Gasteiger charge is 2.44. The van der Waals surface area contributed by atoms with Crippen molar-refractivity contribution in [2.75, 3.05) is 105 Å². The monoisotopic (exact) mass is 1250 g/mol.